The van der Waals surface area contributed by atoms with Gasteiger partial charge in [0.05, 0.1) is 12.7 Å². The highest BCUT2D eigenvalue weighted by atomic mass is 16.5. The molecule has 4 nitrogen and oxygen atoms in total. The average molecular weight is 280 g/mol. The highest BCUT2D eigenvalue weighted by Gasteiger charge is 2.14. The molecule has 3 aromatic rings. The summed E-state index contributed by atoms with van der Waals surface area (Å²) in [6.45, 7) is 3.61. The lowest BCUT2D eigenvalue weighted by molar-refractivity contribution is 0.416. The second-order valence-corrected chi connectivity index (χ2v) is 4.99. The summed E-state index contributed by atoms with van der Waals surface area (Å²) >= 11 is 0. The van der Waals surface area contributed by atoms with Crippen LogP contribution in [0.25, 0.3) is 22.2 Å². The molecule has 0 aliphatic heterocycles. The van der Waals surface area contributed by atoms with Gasteiger partial charge >= 0.3 is 0 Å². The third-order valence-corrected chi connectivity index (χ3v) is 3.74. The van der Waals surface area contributed by atoms with Crippen molar-refractivity contribution in [1.82, 2.24) is 9.97 Å². The van der Waals surface area contributed by atoms with E-state index in [0.29, 0.717) is 17.1 Å². The molecule has 3 rings (SSSR count). The Morgan fingerprint density at radius 1 is 1.10 bits per heavy atom. The summed E-state index contributed by atoms with van der Waals surface area (Å²) in [5.74, 6) is 1.23. The van der Waals surface area contributed by atoms with Crippen LogP contribution in [0.15, 0.2) is 41.2 Å². The predicted molar refractivity (Wildman–Crippen MR) is 83.8 cm³/mol. The lowest BCUT2D eigenvalue weighted by Gasteiger charge is -2.12. The van der Waals surface area contributed by atoms with Crippen LogP contribution in [0.4, 0.5) is 0 Å². The third kappa shape index (κ3) is 2.18. The number of aromatic nitrogens is 2. The van der Waals surface area contributed by atoms with Gasteiger partial charge in [0.2, 0.25) is 0 Å². The number of fused-ring (bicyclic) bond motifs is 1. The van der Waals surface area contributed by atoms with Crippen LogP contribution in [0, 0.1) is 13.8 Å². The van der Waals surface area contributed by atoms with E-state index in [1.807, 2.05) is 43.3 Å². The Balaban J connectivity index is 2.41. The first-order valence-corrected chi connectivity index (χ1v) is 6.75. The smallest absolute Gasteiger partial charge is 0.254 e. The molecule has 0 saturated carbocycles. The SMILES string of the molecule is COc1ccc2ccccc2c1-c1nc(C)c(C)c(=O)[nH]1. The van der Waals surface area contributed by atoms with Crippen molar-refractivity contribution < 1.29 is 4.74 Å². The van der Waals surface area contributed by atoms with E-state index >= 15 is 0 Å². The van der Waals surface area contributed by atoms with Crippen LogP contribution in [0.1, 0.15) is 11.3 Å². The van der Waals surface area contributed by atoms with Gasteiger partial charge in [0.25, 0.3) is 5.56 Å². The van der Waals surface area contributed by atoms with E-state index in [4.69, 9.17) is 4.74 Å². The van der Waals surface area contributed by atoms with E-state index in [0.717, 1.165) is 22.0 Å². The number of hydrogen-bond acceptors (Lipinski definition) is 3. The van der Waals surface area contributed by atoms with Crippen molar-refractivity contribution in [3.63, 3.8) is 0 Å². The summed E-state index contributed by atoms with van der Waals surface area (Å²) in [5, 5.41) is 2.08. The monoisotopic (exact) mass is 280 g/mol. The van der Waals surface area contributed by atoms with Crippen molar-refractivity contribution in [2.24, 2.45) is 0 Å². The van der Waals surface area contributed by atoms with Gasteiger partial charge in [-0.3, -0.25) is 4.79 Å². The summed E-state index contributed by atoms with van der Waals surface area (Å²) in [4.78, 5) is 19.4. The van der Waals surface area contributed by atoms with E-state index in [1.54, 1.807) is 14.0 Å². The standard InChI is InChI=1S/C17H16N2O2/c1-10-11(2)18-16(19-17(10)20)15-13-7-5-4-6-12(13)8-9-14(15)21-3/h4-9H,1-3H3,(H,18,19,20). The largest absolute Gasteiger partial charge is 0.496 e. The maximum Gasteiger partial charge on any atom is 0.254 e. The number of nitrogens with one attached hydrogen (secondary N) is 1. The van der Waals surface area contributed by atoms with Gasteiger partial charge in [-0.1, -0.05) is 30.3 Å². The number of hydrogen-bond donors (Lipinski definition) is 1. The molecular weight excluding hydrogens is 264 g/mol. The lowest BCUT2D eigenvalue weighted by atomic mass is 10.0. The van der Waals surface area contributed by atoms with Crippen LogP contribution in [0.3, 0.4) is 0 Å². The Hall–Kier alpha value is -2.62. The van der Waals surface area contributed by atoms with Gasteiger partial charge in [0, 0.05) is 11.3 Å². The molecule has 0 saturated heterocycles. The fraction of sp³-hybridized carbons (Fsp3) is 0.176. The number of ether oxygens (including phenoxy) is 1. The maximum atomic E-state index is 12.0. The molecule has 1 N–H and O–H groups in total. The Bertz CT molecular complexity index is 882. The Morgan fingerprint density at radius 2 is 1.86 bits per heavy atom. The minimum atomic E-state index is -0.118. The van der Waals surface area contributed by atoms with E-state index in [1.165, 1.54) is 0 Å². The minimum absolute atomic E-state index is 0.118. The zero-order valence-corrected chi connectivity index (χ0v) is 12.2. The van der Waals surface area contributed by atoms with Crippen molar-refractivity contribution in [2.75, 3.05) is 7.11 Å². The van der Waals surface area contributed by atoms with E-state index in [2.05, 4.69) is 9.97 Å². The number of benzene rings is 2. The van der Waals surface area contributed by atoms with Gasteiger partial charge in [0.15, 0.2) is 0 Å². The van der Waals surface area contributed by atoms with Gasteiger partial charge in [-0.15, -0.1) is 0 Å². The molecule has 0 spiro atoms. The number of H-pyrrole nitrogens is 1. The molecule has 4 heteroatoms. The predicted octanol–water partition coefficient (Wildman–Crippen LogP) is 3.22. The topological polar surface area (TPSA) is 55.0 Å². The Morgan fingerprint density at radius 3 is 2.57 bits per heavy atom. The summed E-state index contributed by atoms with van der Waals surface area (Å²) in [7, 11) is 1.62. The number of rotatable bonds is 2. The van der Waals surface area contributed by atoms with Gasteiger partial charge in [-0.05, 0) is 30.7 Å². The van der Waals surface area contributed by atoms with Gasteiger partial charge in [-0.2, -0.15) is 0 Å². The molecule has 0 unspecified atom stereocenters. The van der Waals surface area contributed by atoms with Crippen LogP contribution in [-0.4, -0.2) is 17.1 Å². The van der Waals surface area contributed by atoms with Crippen LogP contribution in [-0.2, 0) is 0 Å². The summed E-state index contributed by atoms with van der Waals surface area (Å²) in [6.07, 6.45) is 0. The zero-order valence-electron chi connectivity index (χ0n) is 12.2. The molecule has 106 valence electrons. The molecule has 0 atom stereocenters. The number of nitrogens with zero attached hydrogens (tertiary/aromatic N) is 1. The minimum Gasteiger partial charge on any atom is -0.496 e. The van der Waals surface area contributed by atoms with E-state index < -0.39 is 0 Å². The average Bonchev–Trinajstić information content (AvgIpc) is 2.51. The summed E-state index contributed by atoms with van der Waals surface area (Å²) in [6, 6.07) is 11.9. The van der Waals surface area contributed by atoms with Crippen molar-refractivity contribution in [3.8, 4) is 17.1 Å². The molecule has 2 aromatic carbocycles. The second kappa shape index (κ2) is 5.05. The lowest BCUT2D eigenvalue weighted by Crippen LogP contribution is -2.14. The fourth-order valence-electron chi connectivity index (χ4n) is 2.43. The van der Waals surface area contributed by atoms with Crippen molar-refractivity contribution in [1.29, 1.82) is 0 Å². The van der Waals surface area contributed by atoms with Crippen LogP contribution >= 0.6 is 0 Å². The van der Waals surface area contributed by atoms with E-state index in [9.17, 15) is 4.79 Å². The molecule has 0 aliphatic carbocycles. The first kappa shape index (κ1) is 13.4. The van der Waals surface area contributed by atoms with E-state index in [-0.39, 0.29) is 5.56 Å². The Kier molecular flexibility index (Phi) is 3.22. The number of aryl methyl sites for hydroxylation is 1. The fourth-order valence-corrected chi connectivity index (χ4v) is 2.43. The molecule has 0 bridgehead atoms. The maximum absolute atomic E-state index is 12.0. The zero-order chi connectivity index (χ0) is 15.0. The normalized spacial score (nSPS) is 10.8. The molecule has 0 radical (unpaired) electrons. The molecule has 0 amide bonds. The van der Waals surface area contributed by atoms with Gasteiger partial charge in [0.1, 0.15) is 11.6 Å². The number of methoxy groups -OCH3 is 1. The van der Waals surface area contributed by atoms with Crippen molar-refractivity contribution in [3.05, 3.63) is 58.0 Å². The molecular formula is C17H16N2O2. The van der Waals surface area contributed by atoms with Gasteiger partial charge in [-0.25, -0.2) is 4.98 Å². The van der Waals surface area contributed by atoms with Crippen LogP contribution in [0.5, 0.6) is 5.75 Å². The second-order valence-electron chi connectivity index (χ2n) is 4.99. The molecule has 1 aromatic heterocycles. The van der Waals surface area contributed by atoms with Crippen LogP contribution < -0.4 is 10.3 Å². The molecule has 0 aliphatic rings. The third-order valence-electron chi connectivity index (χ3n) is 3.74. The number of aromatic amines is 1. The first-order valence-electron chi connectivity index (χ1n) is 6.75. The van der Waals surface area contributed by atoms with Gasteiger partial charge < -0.3 is 9.72 Å². The molecule has 21 heavy (non-hydrogen) atoms. The quantitative estimate of drug-likeness (QED) is 0.784. The summed E-state index contributed by atoms with van der Waals surface area (Å²) in [5.41, 5.74) is 2.06. The van der Waals surface area contributed by atoms with Crippen molar-refractivity contribution >= 4 is 10.8 Å². The van der Waals surface area contributed by atoms with Crippen LogP contribution in [0.2, 0.25) is 0 Å². The van der Waals surface area contributed by atoms with Crippen molar-refractivity contribution in [2.45, 2.75) is 13.8 Å². The molecule has 1 heterocycles. The highest BCUT2D eigenvalue weighted by Crippen LogP contribution is 2.34. The summed E-state index contributed by atoms with van der Waals surface area (Å²) < 4.78 is 5.46. The Labute approximate surface area is 122 Å². The molecule has 0 fully saturated rings. The highest BCUT2D eigenvalue weighted by molar-refractivity contribution is 5.98. The first-order chi connectivity index (χ1) is 10.1.